The van der Waals surface area contributed by atoms with Gasteiger partial charge >= 0.3 is 4.87 Å². The largest absolute Gasteiger partial charge is 0.355 e. The summed E-state index contributed by atoms with van der Waals surface area (Å²) in [6, 6.07) is 8.08. The molecule has 1 N–H and O–H groups in total. The minimum Gasteiger partial charge on any atom is -0.355 e. The summed E-state index contributed by atoms with van der Waals surface area (Å²) in [6.07, 6.45) is 1.68. The molecule has 1 amide bonds. The van der Waals surface area contributed by atoms with Gasteiger partial charge in [-0.1, -0.05) is 23.5 Å². The maximum Gasteiger partial charge on any atom is 0.307 e. The molecular formula is C16H17N3O2S2. The molecule has 2 heterocycles. The normalized spacial score (nSPS) is 11.0. The van der Waals surface area contributed by atoms with E-state index in [-0.39, 0.29) is 17.3 Å². The quantitative estimate of drug-likeness (QED) is 0.697. The van der Waals surface area contributed by atoms with Crippen molar-refractivity contribution in [2.45, 2.75) is 26.3 Å². The van der Waals surface area contributed by atoms with Crippen molar-refractivity contribution in [1.82, 2.24) is 14.9 Å². The Morgan fingerprint density at radius 2 is 2.17 bits per heavy atom. The van der Waals surface area contributed by atoms with Gasteiger partial charge in [-0.15, -0.1) is 11.3 Å². The lowest BCUT2D eigenvalue weighted by molar-refractivity contribution is -0.121. The maximum atomic E-state index is 11.9. The van der Waals surface area contributed by atoms with Crippen molar-refractivity contribution in [2.75, 3.05) is 6.54 Å². The van der Waals surface area contributed by atoms with Crippen LogP contribution in [0.15, 0.2) is 34.4 Å². The van der Waals surface area contributed by atoms with Crippen LogP contribution in [-0.2, 0) is 17.8 Å². The molecule has 5 nitrogen and oxygen atoms in total. The zero-order chi connectivity index (χ0) is 16.2. The lowest BCUT2D eigenvalue weighted by Gasteiger charge is -2.06. The molecule has 0 saturated heterocycles. The fourth-order valence-corrected chi connectivity index (χ4v) is 4.03. The van der Waals surface area contributed by atoms with Gasteiger partial charge in [-0.05, 0) is 25.5 Å². The van der Waals surface area contributed by atoms with E-state index in [0.717, 1.165) is 40.4 Å². The van der Waals surface area contributed by atoms with Gasteiger partial charge in [-0.3, -0.25) is 14.2 Å². The van der Waals surface area contributed by atoms with E-state index in [4.69, 9.17) is 0 Å². The number of hydrogen-bond donors (Lipinski definition) is 1. The molecule has 0 unspecified atom stereocenters. The smallest absolute Gasteiger partial charge is 0.307 e. The van der Waals surface area contributed by atoms with Crippen LogP contribution in [0.3, 0.4) is 0 Å². The van der Waals surface area contributed by atoms with Crippen molar-refractivity contribution in [2.24, 2.45) is 0 Å². The van der Waals surface area contributed by atoms with Crippen LogP contribution in [0.25, 0.3) is 10.2 Å². The van der Waals surface area contributed by atoms with Gasteiger partial charge in [-0.25, -0.2) is 4.98 Å². The van der Waals surface area contributed by atoms with Crippen LogP contribution in [0.5, 0.6) is 0 Å². The van der Waals surface area contributed by atoms with Gasteiger partial charge in [0.05, 0.1) is 15.2 Å². The predicted octanol–water partition coefficient (Wildman–Crippen LogP) is 2.58. The summed E-state index contributed by atoms with van der Waals surface area (Å²) >= 11 is 2.82. The van der Waals surface area contributed by atoms with E-state index in [2.05, 4.69) is 16.4 Å². The lowest BCUT2D eigenvalue weighted by Crippen LogP contribution is -2.31. The Bertz CT molecular complexity index is 846. The zero-order valence-corrected chi connectivity index (χ0v) is 14.4. The number of para-hydroxylation sites is 1. The Morgan fingerprint density at radius 1 is 1.35 bits per heavy atom. The fraction of sp³-hybridized carbons (Fsp3) is 0.312. The number of aromatic nitrogens is 2. The van der Waals surface area contributed by atoms with Gasteiger partial charge < -0.3 is 5.32 Å². The number of aryl methyl sites for hydroxylation is 2. The Morgan fingerprint density at radius 3 is 2.91 bits per heavy atom. The Hall–Kier alpha value is -1.99. The molecule has 0 aliphatic rings. The fourth-order valence-electron chi connectivity index (χ4n) is 2.29. The number of amides is 1. The second kappa shape index (κ2) is 7.06. The van der Waals surface area contributed by atoms with Gasteiger partial charge in [0, 0.05) is 24.0 Å². The molecule has 0 fully saturated rings. The average Bonchev–Trinajstić information content (AvgIpc) is 3.09. The summed E-state index contributed by atoms with van der Waals surface area (Å²) in [5, 5.41) is 5.72. The van der Waals surface area contributed by atoms with E-state index in [1.807, 2.05) is 25.1 Å². The Labute approximate surface area is 141 Å². The monoisotopic (exact) mass is 347 g/mol. The SMILES string of the molecule is Cc1csc(=O)n1CC(=O)NCCCc1nc2ccccc2s1. The van der Waals surface area contributed by atoms with Gasteiger partial charge in [0.1, 0.15) is 6.54 Å². The van der Waals surface area contributed by atoms with Crippen LogP contribution in [-0.4, -0.2) is 22.0 Å². The number of fused-ring (bicyclic) bond motifs is 1. The zero-order valence-electron chi connectivity index (χ0n) is 12.7. The van der Waals surface area contributed by atoms with Crippen molar-refractivity contribution >= 4 is 38.8 Å². The third-order valence-corrected chi connectivity index (χ3v) is 5.48. The first-order valence-electron chi connectivity index (χ1n) is 7.39. The molecule has 120 valence electrons. The lowest BCUT2D eigenvalue weighted by atomic mass is 10.3. The van der Waals surface area contributed by atoms with Crippen molar-refractivity contribution in [3.05, 3.63) is 50.0 Å². The standard InChI is InChI=1S/C16H17N3O2S2/c1-11-10-22-16(21)19(11)9-14(20)17-8-4-7-15-18-12-5-2-3-6-13(12)23-15/h2-3,5-6,10H,4,7-9H2,1H3,(H,17,20). The molecule has 0 aliphatic heterocycles. The van der Waals surface area contributed by atoms with Crippen molar-refractivity contribution in [3.8, 4) is 0 Å². The summed E-state index contributed by atoms with van der Waals surface area (Å²) < 4.78 is 2.69. The molecule has 0 spiro atoms. The third kappa shape index (κ3) is 3.86. The molecule has 2 aromatic heterocycles. The summed E-state index contributed by atoms with van der Waals surface area (Å²) in [7, 11) is 0. The second-order valence-electron chi connectivity index (χ2n) is 5.26. The van der Waals surface area contributed by atoms with Gasteiger partial charge in [-0.2, -0.15) is 0 Å². The number of nitrogens with one attached hydrogen (secondary N) is 1. The number of benzene rings is 1. The van der Waals surface area contributed by atoms with E-state index in [9.17, 15) is 9.59 Å². The number of carbonyl (C=O) groups excluding carboxylic acids is 1. The van der Waals surface area contributed by atoms with E-state index in [0.29, 0.717) is 6.54 Å². The predicted molar refractivity (Wildman–Crippen MR) is 94.3 cm³/mol. The van der Waals surface area contributed by atoms with E-state index < -0.39 is 0 Å². The highest BCUT2D eigenvalue weighted by Crippen LogP contribution is 2.22. The number of nitrogens with zero attached hydrogens (tertiary/aromatic N) is 2. The van der Waals surface area contributed by atoms with Crippen LogP contribution >= 0.6 is 22.7 Å². The highest BCUT2D eigenvalue weighted by molar-refractivity contribution is 7.18. The van der Waals surface area contributed by atoms with E-state index in [1.165, 1.54) is 9.27 Å². The Kier molecular flexibility index (Phi) is 4.88. The molecule has 7 heteroatoms. The van der Waals surface area contributed by atoms with Crippen molar-refractivity contribution in [1.29, 1.82) is 0 Å². The first-order chi connectivity index (χ1) is 11.1. The number of rotatable bonds is 6. The molecule has 0 saturated carbocycles. The highest BCUT2D eigenvalue weighted by Gasteiger charge is 2.08. The minimum absolute atomic E-state index is 0.0906. The molecule has 23 heavy (non-hydrogen) atoms. The van der Waals surface area contributed by atoms with Crippen LogP contribution in [0.4, 0.5) is 0 Å². The van der Waals surface area contributed by atoms with E-state index in [1.54, 1.807) is 16.7 Å². The summed E-state index contributed by atoms with van der Waals surface area (Å²) in [6.45, 7) is 2.51. The molecule has 3 rings (SSSR count). The molecular weight excluding hydrogens is 330 g/mol. The first kappa shape index (κ1) is 15.9. The van der Waals surface area contributed by atoms with Crippen molar-refractivity contribution < 1.29 is 4.79 Å². The van der Waals surface area contributed by atoms with Gasteiger partial charge in [0.15, 0.2) is 0 Å². The van der Waals surface area contributed by atoms with Gasteiger partial charge in [0.2, 0.25) is 5.91 Å². The highest BCUT2D eigenvalue weighted by atomic mass is 32.1. The van der Waals surface area contributed by atoms with Crippen LogP contribution in [0.2, 0.25) is 0 Å². The molecule has 0 aliphatic carbocycles. The van der Waals surface area contributed by atoms with Crippen LogP contribution < -0.4 is 10.2 Å². The molecule has 0 radical (unpaired) electrons. The second-order valence-corrected chi connectivity index (χ2v) is 7.19. The summed E-state index contributed by atoms with van der Waals surface area (Å²) in [5.41, 5.74) is 1.86. The number of hydrogen-bond acceptors (Lipinski definition) is 5. The summed E-state index contributed by atoms with van der Waals surface area (Å²) in [4.78, 5) is 27.9. The maximum absolute atomic E-state index is 11.9. The van der Waals surface area contributed by atoms with Gasteiger partial charge in [0.25, 0.3) is 0 Å². The minimum atomic E-state index is -0.127. The first-order valence-corrected chi connectivity index (χ1v) is 9.09. The topological polar surface area (TPSA) is 64.0 Å². The summed E-state index contributed by atoms with van der Waals surface area (Å²) in [5.74, 6) is -0.127. The van der Waals surface area contributed by atoms with Crippen LogP contribution in [0, 0.1) is 6.92 Å². The van der Waals surface area contributed by atoms with Crippen LogP contribution in [0.1, 0.15) is 17.1 Å². The molecule has 0 atom stereocenters. The van der Waals surface area contributed by atoms with Crippen molar-refractivity contribution in [3.63, 3.8) is 0 Å². The molecule has 3 aromatic rings. The molecule has 1 aromatic carbocycles. The third-order valence-electron chi connectivity index (χ3n) is 3.51. The number of carbonyl (C=O) groups is 1. The van der Waals surface area contributed by atoms with E-state index >= 15 is 0 Å². The number of thiazole rings is 2. The molecule has 0 bridgehead atoms. The average molecular weight is 347 g/mol. The Balaban J connectivity index is 1.46.